The number of anilines is 2. The van der Waals surface area contributed by atoms with E-state index in [0.29, 0.717) is 17.3 Å². The van der Waals surface area contributed by atoms with Crippen molar-refractivity contribution in [2.45, 2.75) is 31.4 Å². The van der Waals surface area contributed by atoms with E-state index in [0.717, 1.165) is 12.8 Å². The van der Waals surface area contributed by atoms with E-state index in [9.17, 15) is 14.3 Å². The zero-order chi connectivity index (χ0) is 16.2. The molecule has 1 amide bonds. The molecule has 1 aliphatic carbocycles. The van der Waals surface area contributed by atoms with Crippen molar-refractivity contribution in [3.63, 3.8) is 0 Å². The molecular weight excluding hydrogens is 295 g/mol. The lowest BCUT2D eigenvalue weighted by atomic mass is 10.1. The van der Waals surface area contributed by atoms with Crippen molar-refractivity contribution in [1.29, 1.82) is 0 Å². The van der Waals surface area contributed by atoms with Crippen LogP contribution in [0.25, 0.3) is 0 Å². The van der Waals surface area contributed by atoms with Gasteiger partial charge < -0.3 is 15.7 Å². The van der Waals surface area contributed by atoms with Gasteiger partial charge in [0.25, 0.3) is 0 Å². The fraction of sp³-hybridized carbons (Fsp3) is 0.278. The molecule has 0 spiro atoms. The summed E-state index contributed by atoms with van der Waals surface area (Å²) >= 11 is 0. The van der Waals surface area contributed by atoms with Gasteiger partial charge in [-0.1, -0.05) is 36.4 Å². The maximum Gasteiger partial charge on any atom is 0.227 e. The van der Waals surface area contributed by atoms with Crippen molar-refractivity contribution in [3.05, 3.63) is 59.9 Å². The quantitative estimate of drug-likeness (QED) is 0.765. The fourth-order valence-corrected chi connectivity index (χ4v) is 2.38. The summed E-state index contributed by atoms with van der Waals surface area (Å²) in [5, 5.41) is 15.9. The van der Waals surface area contributed by atoms with Gasteiger partial charge in [0.05, 0.1) is 18.2 Å². The Kier molecular flexibility index (Phi) is 4.57. The van der Waals surface area contributed by atoms with Crippen LogP contribution in [0.5, 0.6) is 0 Å². The summed E-state index contributed by atoms with van der Waals surface area (Å²) in [5.74, 6) is -0.913. The molecular formula is C18H19FN2O2. The number of carbonyl (C=O) groups excluding carboxylic acids is 1. The molecule has 0 heterocycles. The van der Waals surface area contributed by atoms with E-state index in [1.807, 2.05) is 6.07 Å². The minimum Gasteiger partial charge on any atom is -0.388 e. The van der Waals surface area contributed by atoms with Gasteiger partial charge in [-0.15, -0.1) is 0 Å². The second-order valence-electron chi connectivity index (χ2n) is 5.76. The second kappa shape index (κ2) is 6.79. The molecule has 5 heteroatoms. The van der Waals surface area contributed by atoms with Crippen molar-refractivity contribution in [2.75, 3.05) is 10.6 Å². The monoisotopic (exact) mass is 314 g/mol. The molecule has 0 radical (unpaired) electrons. The van der Waals surface area contributed by atoms with Gasteiger partial charge in [0.1, 0.15) is 11.5 Å². The number of hydrogen-bond acceptors (Lipinski definition) is 3. The highest BCUT2D eigenvalue weighted by Gasteiger charge is 2.23. The van der Waals surface area contributed by atoms with Crippen LogP contribution in [0.4, 0.5) is 15.8 Å². The average molecular weight is 314 g/mol. The number of amides is 1. The van der Waals surface area contributed by atoms with Crippen LogP contribution in [0, 0.1) is 5.82 Å². The summed E-state index contributed by atoms with van der Waals surface area (Å²) in [5.41, 5.74) is 1.38. The minimum absolute atomic E-state index is 0.124. The summed E-state index contributed by atoms with van der Waals surface area (Å²) in [4.78, 5) is 12.1. The summed E-state index contributed by atoms with van der Waals surface area (Å²) in [6.45, 7) is 0. The van der Waals surface area contributed by atoms with E-state index in [1.54, 1.807) is 36.4 Å². The molecule has 0 aromatic heterocycles. The maximum atomic E-state index is 14.0. The number of nitrogens with one attached hydrogen (secondary N) is 2. The van der Waals surface area contributed by atoms with E-state index in [1.165, 1.54) is 6.07 Å². The average Bonchev–Trinajstić information content (AvgIpc) is 3.35. The summed E-state index contributed by atoms with van der Waals surface area (Å²) < 4.78 is 14.0. The van der Waals surface area contributed by atoms with E-state index in [4.69, 9.17) is 0 Å². The Morgan fingerprint density at radius 1 is 1.17 bits per heavy atom. The van der Waals surface area contributed by atoms with Crippen molar-refractivity contribution < 1.29 is 14.3 Å². The predicted molar refractivity (Wildman–Crippen MR) is 87.7 cm³/mol. The third-order valence-electron chi connectivity index (χ3n) is 3.78. The van der Waals surface area contributed by atoms with Gasteiger partial charge in [0.2, 0.25) is 5.91 Å². The second-order valence-corrected chi connectivity index (χ2v) is 5.76. The maximum absolute atomic E-state index is 14.0. The van der Waals surface area contributed by atoms with Crippen LogP contribution in [0.3, 0.4) is 0 Å². The largest absolute Gasteiger partial charge is 0.388 e. The van der Waals surface area contributed by atoms with Gasteiger partial charge in [-0.05, 0) is 30.5 Å². The first-order valence-corrected chi connectivity index (χ1v) is 7.71. The van der Waals surface area contributed by atoms with Gasteiger partial charge in [-0.3, -0.25) is 4.79 Å². The molecule has 4 nitrogen and oxygen atoms in total. The van der Waals surface area contributed by atoms with Crippen molar-refractivity contribution >= 4 is 17.3 Å². The third kappa shape index (κ3) is 4.07. The highest BCUT2D eigenvalue weighted by atomic mass is 19.1. The lowest BCUT2D eigenvalue weighted by Gasteiger charge is -2.15. The predicted octanol–water partition coefficient (Wildman–Crippen LogP) is 3.46. The number of aliphatic hydroxyl groups is 1. The van der Waals surface area contributed by atoms with Crippen LogP contribution < -0.4 is 10.6 Å². The summed E-state index contributed by atoms with van der Waals surface area (Å²) in [7, 11) is 0. The molecule has 1 fully saturated rings. The molecule has 0 aliphatic heterocycles. The van der Waals surface area contributed by atoms with E-state index < -0.39 is 17.8 Å². The lowest BCUT2D eigenvalue weighted by molar-refractivity contribution is -0.118. The molecule has 2 aromatic carbocycles. The van der Waals surface area contributed by atoms with Crippen LogP contribution in [-0.2, 0) is 4.79 Å². The molecule has 0 saturated heterocycles. The first kappa shape index (κ1) is 15.5. The number of halogens is 1. The molecule has 1 aliphatic rings. The zero-order valence-electron chi connectivity index (χ0n) is 12.6. The van der Waals surface area contributed by atoms with Crippen LogP contribution in [0.15, 0.2) is 48.5 Å². The number of carbonyl (C=O) groups is 1. The van der Waals surface area contributed by atoms with Crippen molar-refractivity contribution in [3.8, 4) is 0 Å². The minimum atomic E-state index is -0.914. The molecule has 0 bridgehead atoms. The Morgan fingerprint density at radius 3 is 2.61 bits per heavy atom. The van der Waals surface area contributed by atoms with Crippen molar-refractivity contribution in [1.82, 2.24) is 0 Å². The number of rotatable bonds is 6. The van der Waals surface area contributed by atoms with E-state index >= 15 is 0 Å². The van der Waals surface area contributed by atoms with Crippen LogP contribution >= 0.6 is 0 Å². The number of benzene rings is 2. The van der Waals surface area contributed by atoms with Crippen LogP contribution in [0.2, 0.25) is 0 Å². The Hall–Kier alpha value is -2.40. The Balaban J connectivity index is 1.67. The van der Waals surface area contributed by atoms with E-state index in [-0.39, 0.29) is 12.1 Å². The van der Waals surface area contributed by atoms with Crippen LogP contribution in [-0.4, -0.2) is 17.1 Å². The normalized spacial score (nSPS) is 15.0. The molecule has 2 aromatic rings. The SMILES string of the molecule is O=C(CC(O)c1ccccc1)Nc1c(F)cccc1NC1CC1. The standard InChI is InChI=1S/C18H19FN2O2/c19-14-7-4-8-15(20-13-9-10-13)18(14)21-17(23)11-16(22)12-5-2-1-3-6-12/h1-8,13,16,20,22H,9-11H2,(H,21,23). The smallest absolute Gasteiger partial charge is 0.227 e. The molecule has 1 unspecified atom stereocenters. The molecule has 1 atom stereocenters. The van der Waals surface area contributed by atoms with Gasteiger partial charge in [-0.2, -0.15) is 0 Å². The van der Waals surface area contributed by atoms with Gasteiger partial charge in [0.15, 0.2) is 0 Å². The fourth-order valence-electron chi connectivity index (χ4n) is 2.38. The molecule has 3 rings (SSSR count). The van der Waals surface area contributed by atoms with Gasteiger partial charge >= 0.3 is 0 Å². The molecule has 1 saturated carbocycles. The Bertz CT molecular complexity index is 687. The van der Waals surface area contributed by atoms with Gasteiger partial charge in [0, 0.05) is 6.04 Å². The number of para-hydroxylation sites is 1. The summed E-state index contributed by atoms with van der Waals surface area (Å²) in [6.07, 6.45) is 1.07. The van der Waals surface area contributed by atoms with Gasteiger partial charge in [-0.25, -0.2) is 4.39 Å². The first-order valence-electron chi connectivity index (χ1n) is 7.71. The number of aliphatic hydroxyl groups excluding tert-OH is 1. The van der Waals surface area contributed by atoms with Crippen molar-refractivity contribution in [2.24, 2.45) is 0 Å². The number of hydrogen-bond donors (Lipinski definition) is 3. The lowest BCUT2D eigenvalue weighted by Crippen LogP contribution is -2.18. The topological polar surface area (TPSA) is 61.4 Å². The third-order valence-corrected chi connectivity index (χ3v) is 3.78. The highest BCUT2D eigenvalue weighted by molar-refractivity contribution is 5.94. The highest BCUT2D eigenvalue weighted by Crippen LogP contribution is 2.31. The van der Waals surface area contributed by atoms with E-state index in [2.05, 4.69) is 10.6 Å². The first-order chi connectivity index (χ1) is 11.1. The molecule has 120 valence electrons. The summed E-state index contributed by atoms with van der Waals surface area (Å²) in [6, 6.07) is 13.9. The molecule has 23 heavy (non-hydrogen) atoms. The molecule has 3 N–H and O–H groups in total. The Labute approximate surface area is 134 Å². The zero-order valence-corrected chi connectivity index (χ0v) is 12.6. The Morgan fingerprint density at radius 2 is 1.91 bits per heavy atom. The van der Waals surface area contributed by atoms with Crippen LogP contribution in [0.1, 0.15) is 30.9 Å².